The number of carbonyl (C=O) groups is 1. The van der Waals surface area contributed by atoms with Gasteiger partial charge in [0.1, 0.15) is 0 Å². The number of hydrogen-bond donors (Lipinski definition) is 0. The number of hydrogen-bond acceptors (Lipinski definition) is 5. The van der Waals surface area contributed by atoms with Crippen molar-refractivity contribution in [3.8, 4) is 0 Å². The smallest absolute Gasteiger partial charge is 0.363 e. The Kier molecular flexibility index (Phi) is 3.23. The highest BCUT2D eigenvalue weighted by atomic mass is 32.1. The molecule has 2 aromatic heterocycles. The molecule has 0 N–H and O–H groups in total. The molecule has 3 rings (SSSR count). The number of cyclic esters (lactones) is 1. The summed E-state index contributed by atoms with van der Waals surface area (Å²) in [5, 5.41) is 1.91. The van der Waals surface area contributed by atoms with Gasteiger partial charge in [0.15, 0.2) is 5.70 Å². The number of esters is 1. The van der Waals surface area contributed by atoms with E-state index < -0.39 is 5.97 Å². The van der Waals surface area contributed by atoms with Gasteiger partial charge in [-0.3, -0.25) is 4.98 Å². The Hall–Kier alpha value is -1.84. The van der Waals surface area contributed by atoms with E-state index in [4.69, 9.17) is 4.74 Å². The molecule has 0 aromatic carbocycles. The van der Waals surface area contributed by atoms with Crippen LogP contribution in [0.15, 0.2) is 46.5 Å². The molecular weight excluding hydrogens is 279 g/mol. The monoisotopic (exact) mass is 288 g/mol. The quantitative estimate of drug-likeness (QED) is 0.482. The Bertz CT molecular complexity index is 692. The largest absolute Gasteiger partial charge is 0.401 e. The molecular formula is C13H9N2O2PS. The topological polar surface area (TPSA) is 51.5 Å². The Morgan fingerprint density at radius 1 is 1.37 bits per heavy atom. The summed E-state index contributed by atoms with van der Waals surface area (Å²) in [5.41, 5.74) is 1.98. The van der Waals surface area contributed by atoms with E-state index in [1.807, 2.05) is 29.6 Å². The fourth-order valence-electron chi connectivity index (χ4n) is 1.63. The van der Waals surface area contributed by atoms with Crippen LogP contribution in [0.2, 0.25) is 0 Å². The predicted octanol–water partition coefficient (Wildman–Crippen LogP) is 1.99. The molecule has 0 fully saturated rings. The average Bonchev–Trinajstić information content (AvgIpc) is 3.00. The highest BCUT2D eigenvalue weighted by Crippen LogP contribution is 2.21. The van der Waals surface area contributed by atoms with Gasteiger partial charge in [-0.05, 0) is 35.2 Å². The van der Waals surface area contributed by atoms with Crippen molar-refractivity contribution in [1.82, 2.24) is 4.98 Å². The van der Waals surface area contributed by atoms with E-state index in [-0.39, 0.29) is 0 Å². The van der Waals surface area contributed by atoms with Gasteiger partial charge in [-0.15, -0.1) is 11.3 Å². The number of ether oxygens (including phenoxy) is 1. The van der Waals surface area contributed by atoms with Crippen LogP contribution in [0, 0.1) is 0 Å². The molecule has 0 spiro atoms. The van der Waals surface area contributed by atoms with E-state index >= 15 is 0 Å². The first-order valence-corrected chi connectivity index (χ1v) is 6.96. The van der Waals surface area contributed by atoms with Crippen molar-refractivity contribution >= 4 is 44.0 Å². The zero-order valence-electron chi connectivity index (χ0n) is 9.74. The number of aliphatic imine (C=N–C) groups is 1. The van der Waals surface area contributed by atoms with Crippen LogP contribution < -0.4 is 5.44 Å². The lowest BCUT2D eigenvalue weighted by Gasteiger charge is -1.95. The van der Waals surface area contributed by atoms with Gasteiger partial charge >= 0.3 is 5.97 Å². The lowest BCUT2D eigenvalue weighted by Crippen LogP contribution is -2.03. The molecule has 0 amide bonds. The minimum atomic E-state index is -0.425. The average molecular weight is 288 g/mol. The fraction of sp³-hybridized carbons (Fsp3) is 0. The molecule has 0 bridgehead atoms. The second kappa shape index (κ2) is 5.03. The van der Waals surface area contributed by atoms with E-state index in [0.29, 0.717) is 11.6 Å². The normalized spacial score (nSPS) is 16.6. The third kappa shape index (κ3) is 2.62. The van der Waals surface area contributed by atoms with Crippen LogP contribution in [0.1, 0.15) is 10.4 Å². The third-order valence-corrected chi connectivity index (χ3v) is 3.63. The van der Waals surface area contributed by atoms with Crippen molar-refractivity contribution in [2.45, 2.75) is 0 Å². The molecule has 0 saturated carbocycles. The first-order chi connectivity index (χ1) is 9.22. The molecule has 1 aliphatic heterocycles. The van der Waals surface area contributed by atoms with Gasteiger partial charge in [0.2, 0.25) is 5.90 Å². The number of carbonyl (C=O) groups excluding carboxylic acids is 1. The second-order valence-electron chi connectivity index (χ2n) is 3.83. The van der Waals surface area contributed by atoms with Gasteiger partial charge in [-0.25, -0.2) is 9.79 Å². The molecule has 6 heteroatoms. The number of nitrogens with zero attached hydrogens (tertiary/aromatic N) is 2. The molecule has 0 saturated heterocycles. The van der Waals surface area contributed by atoms with Gasteiger partial charge < -0.3 is 4.74 Å². The van der Waals surface area contributed by atoms with Gasteiger partial charge in [0.05, 0.1) is 10.3 Å². The fourth-order valence-corrected chi connectivity index (χ4v) is 2.56. The summed E-state index contributed by atoms with van der Waals surface area (Å²) < 4.78 is 5.15. The van der Waals surface area contributed by atoms with Crippen molar-refractivity contribution in [2.24, 2.45) is 4.99 Å². The molecule has 19 heavy (non-hydrogen) atoms. The summed E-state index contributed by atoms with van der Waals surface area (Å²) in [4.78, 5) is 20.9. The van der Waals surface area contributed by atoms with E-state index in [1.54, 1.807) is 12.3 Å². The molecule has 3 heterocycles. The molecule has 2 aromatic rings. The number of aromatic nitrogens is 1. The SMILES string of the molecule is O=C1OC(c2cccs2)=N/C1=C\c1ccnc(P)c1. The van der Waals surface area contributed by atoms with Gasteiger partial charge in [0, 0.05) is 6.20 Å². The molecule has 1 aliphatic rings. The summed E-state index contributed by atoms with van der Waals surface area (Å²) in [7, 11) is 2.51. The Labute approximate surface area is 116 Å². The van der Waals surface area contributed by atoms with Gasteiger partial charge in [0.25, 0.3) is 0 Å². The summed E-state index contributed by atoms with van der Waals surface area (Å²) in [6, 6.07) is 7.42. The zero-order valence-corrected chi connectivity index (χ0v) is 11.7. The Morgan fingerprint density at radius 2 is 2.26 bits per heavy atom. The maximum atomic E-state index is 11.7. The van der Waals surface area contributed by atoms with Crippen LogP contribution in [0.3, 0.4) is 0 Å². The number of pyridine rings is 1. The van der Waals surface area contributed by atoms with E-state index in [2.05, 4.69) is 19.2 Å². The zero-order chi connectivity index (χ0) is 13.2. The maximum absolute atomic E-state index is 11.7. The first-order valence-electron chi connectivity index (χ1n) is 5.50. The molecule has 4 nitrogen and oxygen atoms in total. The van der Waals surface area contributed by atoms with Crippen LogP contribution in [-0.2, 0) is 9.53 Å². The highest BCUT2D eigenvalue weighted by molar-refractivity contribution is 7.26. The summed E-state index contributed by atoms with van der Waals surface area (Å²) >= 11 is 1.48. The predicted molar refractivity (Wildman–Crippen MR) is 78.5 cm³/mol. The van der Waals surface area contributed by atoms with Crippen LogP contribution >= 0.6 is 20.6 Å². The van der Waals surface area contributed by atoms with Crippen molar-refractivity contribution in [3.63, 3.8) is 0 Å². The van der Waals surface area contributed by atoms with Crippen LogP contribution in [-0.4, -0.2) is 16.9 Å². The summed E-state index contributed by atoms with van der Waals surface area (Å²) in [5.74, 6) is -0.0584. The van der Waals surface area contributed by atoms with Gasteiger partial charge in [-0.1, -0.05) is 15.3 Å². The molecule has 94 valence electrons. The minimum absolute atomic E-state index is 0.305. The lowest BCUT2D eigenvalue weighted by molar-refractivity contribution is -0.129. The molecule has 1 unspecified atom stereocenters. The Balaban J connectivity index is 1.95. The van der Waals surface area contributed by atoms with Crippen LogP contribution in [0.5, 0.6) is 0 Å². The Morgan fingerprint density at radius 3 is 3.00 bits per heavy atom. The number of rotatable bonds is 2. The summed E-state index contributed by atoms with van der Waals surface area (Å²) in [6.45, 7) is 0. The highest BCUT2D eigenvalue weighted by Gasteiger charge is 2.24. The minimum Gasteiger partial charge on any atom is -0.401 e. The third-order valence-electron chi connectivity index (χ3n) is 2.46. The van der Waals surface area contributed by atoms with Crippen molar-refractivity contribution in [3.05, 3.63) is 52.0 Å². The van der Waals surface area contributed by atoms with Crippen LogP contribution in [0.25, 0.3) is 6.08 Å². The first kappa shape index (κ1) is 12.2. The van der Waals surface area contributed by atoms with E-state index in [0.717, 1.165) is 15.9 Å². The van der Waals surface area contributed by atoms with Crippen LogP contribution in [0.4, 0.5) is 0 Å². The molecule has 0 radical (unpaired) electrons. The van der Waals surface area contributed by atoms with E-state index in [1.165, 1.54) is 11.3 Å². The molecule has 0 aliphatic carbocycles. The van der Waals surface area contributed by atoms with Gasteiger partial charge in [-0.2, -0.15) is 0 Å². The standard InChI is InChI=1S/C13H9N2O2PS/c16-13-9(6-8-3-4-14-11(18)7-8)15-12(17-13)10-2-1-5-19-10/h1-7H,18H2/b9-6-. The van der Waals surface area contributed by atoms with Crippen molar-refractivity contribution < 1.29 is 9.53 Å². The molecule has 1 atom stereocenters. The lowest BCUT2D eigenvalue weighted by atomic mass is 10.2. The van der Waals surface area contributed by atoms with Crippen molar-refractivity contribution in [1.29, 1.82) is 0 Å². The maximum Gasteiger partial charge on any atom is 0.363 e. The second-order valence-corrected chi connectivity index (χ2v) is 5.37. The number of thiophene rings is 1. The summed E-state index contributed by atoms with van der Waals surface area (Å²) in [6.07, 6.45) is 3.37. The van der Waals surface area contributed by atoms with E-state index in [9.17, 15) is 4.79 Å². The van der Waals surface area contributed by atoms with Crippen molar-refractivity contribution in [2.75, 3.05) is 0 Å².